The van der Waals surface area contributed by atoms with Crippen molar-refractivity contribution in [3.05, 3.63) is 90.5 Å². The molecule has 0 fully saturated rings. The summed E-state index contributed by atoms with van der Waals surface area (Å²) in [4.78, 5) is 16.4. The number of hydrogen-bond acceptors (Lipinski definition) is 5. The summed E-state index contributed by atoms with van der Waals surface area (Å²) in [5.74, 6) is -0.0106. The molecule has 0 aliphatic heterocycles. The van der Waals surface area contributed by atoms with Gasteiger partial charge in [0.25, 0.3) is 0 Å². The lowest BCUT2D eigenvalue weighted by molar-refractivity contribution is -0.113. The molecule has 8 heteroatoms. The Morgan fingerprint density at radius 3 is 2.47 bits per heavy atom. The van der Waals surface area contributed by atoms with Gasteiger partial charge in [0.2, 0.25) is 5.91 Å². The molecule has 150 valence electrons. The van der Waals surface area contributed by atoms with Crippen molar-refractivity contribution in [1.29, 1.82) is 0 Å². The Labute approximate surface area is 177 Å². The largest absolute Gasteiger partial charge is 0.323 e. The molecule has 0 saturated heterocycles. The standard InChI is InChI=1S/C22H18FN5OS/c23-18-8-4-5-9-19(18)25-20(29)15-30-22-27-26-21(17-10-12-24-13-11-17)28(22)14-16-6-2-1-3-7-16/h1-13H,14-15H2,(H,25,29). The Balaban J connectivity index is 1.54. The molecule has 4 aromatic rings. The van der Waals surface area contributed by atoms with Gasteiger partial charge in [-0.1, -0.05) is 54.2 Å². The first kappa shape index (κ1) is 19.8. The second-order valence-corrected chi connectivity index (χ2v) is 7.37. The van der Waals surface area contributed by atoms with E-state index in [-0.39, 0.29) is 17.3 Å². The van der Waals surface area contributed by atoms with Gasteiger partial charge in [0, 0.05) is 18.0 Å². The second kappa shape index (κ2) is 9.32. The summed E-state index contributed by atoms with van der Waals surface area (Å²) in [5.41, 5.74) is 2.13. The molecule has 4 rings (SSSR count). The lowest BCUT2D eigenvalue weighted by atomic mass is 10.2. The van der Waals surface area contributed by atoms with Crippen molar-refractivity contribution in [3.8, 4) is 11.4 Å². The summed E-state index contributed by atoms with van der Waals surface area (Å²) in [6, 6.07) is 19.8. The lowest BCUT2D eigenvalue weighted by Gasteiger charge is -2.11. The monoisotopic (exact) mass is 419 g/mol. The van der Waals surface area contributed by atoms with Crippen LogP contribution in [0.25, 0.3) is 11.4 Å². The molecular weight excluding hydrogens is 401 g/mol. The van der Waals surface area contributed by atoms with Gasteiger partial charge in [-0.25, -0.2) is 4.39 Å². The highest BCUT2D eigenvalue weighted by molar-refractivity contribution is 7.99. The molecule has 0 unspecified atom stereocenters. The smallest absolute Gasteiger partial charge is 0.234 e. The second-order valence-electron chi connectivity index (χ2n) is 6.43. The van der Waals surface area contributed by atoms with Crippen LogP contribution >= 0.6 is 11.8 Å². The number of rotatable bonds is 7. The van der Waals surface area contributed by atoms with Gasteiger partial charge in [-0.05, 0) is 29.8 Å². The zero-order valence-corrected chi connectivity index (χ0v) is 16.7. The fourth-order valence-corrected chi connectivity index (χ4v) is 3.64. The van der Waals surface area contributed by atoms with Crippen LogP contribution in [-0.2, 0) is 11.3 Å². The molecule has 0 bridgehead atoms. The number of hydrogen-bond donors (Lipinski definition) is 1. The van der Waals surface area contributed by atoms with Crippen molar-refractivity contribution in [2.45, 2.75) is 11.7 Å². The summed E-state index contributed by atoms with van der Waals surface area (Å²) in [5, 5.41) is 11.8. The van der Waals surface area contributed by atoms with E-state index in [2.05, 4.69) is 20.5 Å². The van der Waals surface area contributed by atoms with Crippen LogP contribution in [0.4, 0.5) is 10.1 Å². The predicted octanol–water partition coefficient (Wildman–Crippen LogP) is 4.26. The number of anilines is 1. The third-order valence-electron chi connectivity index (χ3n) is 4.32. The van der Waals surface area contributed by atoms with E-state index in [1.807, 2.05) is 47.0 Å². The number of para-hydroxylation sites is 1. The maximum atomic E-state index is 13.8. The number of aromatic nitrogens is 4. The highest BCUT2D eigenvalue weighted by Gasteiger charge is 2.16. The van der Waals surface area contributed by atoms with Gasteiger partial charge in [-0.15, -0.1) is 10.2 Å². The molecule has 2 heterocycles. The molecule has 0 aliphatic rings. The summed E-state index contributed by atoms with van der Waals surface area (Å²) < 4.78 is 15.7. The number of carbonyl (C=O) groups is 1. The quantitative estimate of drug-likeness (QED) is 0.453. The van der Waals surface area contributed by atoms with Crippen LogP contribution in [0, 0.1) is 5.82 Å². The van der Waals surface area contributed by atoms with Crippen molar-refractivity contribution >= 4 is 23.4 Å². The Hall–Kier alpha value is -3.52. The van der Waals surface area contributed by atoms with Crippen LogP contribution in [0.3, 0.4) is 0 Å². The predicted molar refractivity (Wildman–Crippen MR) is 115 cm³/mol. The van der Waals surface area contributed by atoms with Crippen LogP contribution < -0.4 is 5.32 Å². The molecule has 1 N–H and O–H groups in total. The Morgan fingerprint density at radius 2 is 1.70 bits per heavy atom. The Morgan fingerprint density at radius 1 is 0.967 bits per heavy atom. The van der Waals surface area contributed by atoms with Crippen LogP contribution in [0.5, 0.6) is 0 Å². The molecule has 0 aliphatic carbocycles. The molecule has 2 aromatic heterocycles. The summed E-state index contributed by atoms with van der Waals surface area (Å²) in [6.45, 7) is 0.558. The highest BCUT2D eigenvalue weighted by atomic mass is 32.2. The van der Waals surface area contributed by atoms with Crippen molar-refractivity contribution in [1.82, 2.24) is 19.7 Å². The minimum atomic E-state index is -0.469. The van der Waals surface area contributed by atoms with Crippen LogP contribution in [-0.4, -0.2) is 31.4 Å². The molecule has 0 spiro atoms. The molecule has 0 saturated carbocycles. The van der Waals surface area contributed by atoms with Gasteiger partial charge in [0.05, 0.1) is 18.0 Å². The van der Waals surface area contributed by atoms with E-state index >= 15 is 0 Å². The van der Waals surface area contributed by atoms with Gasteiger partial charge in [0.15, 0.2) is 11.0 Å². The zero-order chi connectivity index (χ0) is 20.8. The maximum Gasteiger partial charge on any atom is 0.234 e. The minimum Gasteiger partial charge on any atom is -0.323 e. The van der Waals surface area contributed by atoms with Crippen molar-refractivity contribution in [3.63, 3.8) is 0 Å². The van der Waals surface area contributed by atoms with Gasteiger partial charge in [-0.2, -0.15) is 0 Å². The van der Waals surface area contributed by atoms with Crippen molar-refractivity contribution in [2.75, 3.05) is 11.1 Å². The third-order valence-corrected chi connectivity index (χ3v) is 5.29. The SMILES string of the molecule is O=C(CSc1nnc(-c2ccncc2)n1Cc1ccccc1)Nc1ccccc1F. The number of amides is 1. The molecule has 6 nitrogen and oxygen atoms in total. The van der Waals surface area contributed by atoms with E-state index < -0.39 is 5.82 Å². The maximum absolute atomic E-state index is 13.8. The average molecular weight is 419 g/mol. The third kappa shape index (κ3) is 4.72. The molecular formula is C22H18FN5OS. The highest BCUT2D eigenvalue weighted by Crippen LogP contribution is 2.25. The molecule has 30 heavy (non-hydrogen) atoms. The van der Waals surface area contributed by atoms with Crippen LogP contribution in [0.1, 0.15) is 5.56 Å². The number of benzene rings is 2. The first-order chi connectivity index (χ1) is 14.7. The Bertz CT molecular complexity index is 1130. The Kier molecular flexibility index (Phi) is 6.14. The van der Waals surface area contributed by atoms with E-state index in [0.717, 1.165) is 11.1 Å². The number of thioether (sulfide) groups is 1. The molecule has 1 amide bonds. The van der Waals surface area contributed by atoms with Gasteiger partial charge >= 0.3 is 0 Å². The fraction of sp³-hybridized carbons (Fsp3) is 0.0909. The molecule has 0 atom stereocenters. The fourth-order valence-electron chi connectivity index (χ4n) is 2.90. The van der Waals surface area contributed by atoms with E-state index in [1.165, 1.54) is 23.9 Å². The topological polar surface area (TPSA) is 72.7 Å². The number of halogens is 1. The molecule has 0 radical (unpaired) electrons. The van der Waals surface area contributed by atoms with Crippen molar-refractivity contribution < 1.29 is 9.18 Å². The number of nitrogens with one attached hydrogen (secondary N) is 1. The van der Waals surface area contributed by atoms with E-state index in [1.54, 1.807) is 24.5 Å². The van der Waals surface area contributed by atoms with Gasteiger partial charge in [0.1, 0.15) is 5.82 Å². The van der Waals surface area contributed by atoms with Crippen LogP contribution in [0.2, 0.25) is 0 Å². The summed E-state index contributed by atoms with van der Waals surface area (Å²) in [6.07, 6.45) is 3.40. The normalized spacial score (nSPS) is 10.7. The minimum absolute atomic E-state index is 0.0810. The number of nitrogens with zero attached hydrogens (tertiary/aromatic N) is 4. The lowest BCUT2D eigenvalue weighted by Crippen LogP contribution is -2.15. The van der Waals surface area contributed by atoms with E-state index in [0.29, 0.717) is 17.5 Å². The van der Waals surface area contributed by atoms with Crippen LogP contribution in [0.15, 0.2) is 84.3 Å². The van der Waals surface area contributed by atoms with Gasteiger partial charge < -0.3 is 5.32 Å². The van der Waals surface area contributed by atoms with E-state index in [4.69, 9.17) is 0 Å². The first-order valence-electron chi connectivity index (χ1n) is 9.25. The molecule has 2 aromatic carbocycles. The summed E-state index contributed by atoms with van der Waals surface area (Å²) >= 11 is 1.25. The average Bonchev–Trinajstić information content (AvgIpc) is 3.17. The number of carbonyl (C=O) groups excluding carboxylic acids is 1. The van der Waals surface area contributed by atoms with E-state index in [9.17, 15) is 9.18 Å². The first-order valence-corrected chi connectivity index (χ1v) is 10.2. The van der Waals surface area contributed by atoms with Gasteiger partial charge in [-0.3, -0.25) is 14.3 Å². The van der Waals surface area contributed by atoms with Crippen molar-refractivity contribution in [2.24, 2.45) is 0 Å². The number of pyridine rings is 1. The zero-order valence-electron chi connectivity index (χ0n) is 15.9. The summed E-state index contributed by atoms with van der Waals surface area (Å²) in [7, 11) is 0.